The van der Waals surface area contributed by atoms with E-state index in [-0.39, 0.29) is 0 Å². The molecule has 18 heavy (non-hydrogen) atoms. The lowest BCUT2D eigenvalue weighted by Crippen LogP contribution is -2.19. The number of nitrogens with one attached hydrogen (secondary N) is 1. The Labute approximate surface area is 107 Å². The van der Waals surface area contributed by atoms with Gasteiger partial charge in [-0.3, -0.25) is 4.98 Å². The van der Waals surface area contributed by atoms with Crippen molar-refractivity contribution in [1.29, 1.82) is 0 Å². The second kappa shape index (κ2) is 5.44. The Morgan fingerprint density at radius 3 is 2.78 bits per heavy atom. The molecule has 0 fully saturated rings. The Morgan fingerprint density at radius 1 is 1.28 bits per heavy atom. The Bertz CT molecular complexity index is 512. The Kier molecular flexibility index (Phi) is 3.72. The standard InChI is InChI=1S/C13H17N5/c1-10-8-12(17-13(14-2)16-10)18(3)9-11-6-4-5-7-15-11/h4-8H,9H2,1-3H3,(H,14,16,17). The van der Waals surface area contributed by atoms with Gasteiger partial charge < -0.3 is 10.2 Å². The Morgan fingerprint density at radius 2 is 2.11 bits per heavy atom. The number of hydrogen-bond donors (Lipinski definition) is 1. The van der Waals surface area contributed by atoms with E-state index in [9.17, 15) is 0 Å². The highest BCUT2D eigenvalue weighted by atomic mass is 15.2. The van der Waals surface area contributed by atoms with Crippen LogP contribution in [0.25, 0.3) is 0 Å². The molecule has 0 saturated carbocycles. The van der Waals surface area contributed by atoms with Gasteiger partial charge in [0.1, 0.15) is 5.82 Å². The third-order valence-corrected chi connectivity index (χ3v) is 2.58. The molecular weight excluding hydrogens is 226 g/mol. The molecule has 0 aliphatic rings. The third kappa shape index (κ3) is 2.94. The molecule has 0 amide bonds. The summed E-state index contributed by atoms with van der Waals surface area (Å²) in [6, 6.07) is 7.87. The molecule has 2 aromatic rings. The first-order valence-corrected chi connectivity index (χ1v) is 5.83. The normalized spacial score (nSPS) is 10.2. The highest BCUT2D eigenvalue weighted by Gasteiger charge is 2.07. The van der Waals surface area contributed by atoms with Crippen molar-refractivity contribution in [3.8, 4) is 0 Å². The van der Waals surface area contributed by atoms with Crippen LogP contribution in [-0.4, -0.2) is 29.0 Å². The zero-order chi connectivity index (χ0) is 13.0. The minimum atomic E-state index is 0.637. The van der Waals surface area contributed by atoms with E-state index < -0.39 is 0 Å². The van der Waals surface area contributed by atoms with Gasteiger partial charge in [0.2, 0.25) is 5.95 Å². The van der Waals surface area contributed by atoms with Crippen LogP contribution in [0.15, 0.2) is 30.5 Å². The number of rotatable bonds is 4. The molecule has 5 heteroatoms. The molecule has 0 aliphatic carbocycles. The highest BCUT2D eigenvalue weighted by Crippen LogP contribution is 2.14. The van der Waals surface area contributed by atoms with Crippen molar-refractivity contribution < 1.29 is 0 Å². The lowest BCUT2D eigenvalue weighted by molar-refractivity contribution is 0.859. The first-order valence-electron chi connectivity index (χ1n) is 5.83. The van der Waals surface area contributed by atoms with E-state index in [2.05, 4.69) is 25.2 Å². The Hall–Kier alpha value is -2.17. The van der Waals surface area contributed by atoms with Gasteiger partial charge >= 0.3 is 0 Å². The minimum absolute atomic E-state index is 0.637. The van der Waals surface area contributed by atoms with Crippen molar-refractivity contribution in [2.75, 3.05) is 24.3 Å². The molecule has 94 valence electrons. The summed E-state index contributed by atoms with van der Waals surface area (Å²) < 4.78 is 0. The van der Waals surface area contributed by atoms with Crippen LogP contribution in [0.1, 0.15) is 11.4 Å². The van der Waals surface area contributed by atoms with Gasteiger partial charge in [-0.1, -0.05) is 6.07 Å². The number of aryl methyl sites for hydroxylation is 1. The van der Waals surface area contributed by atoms with Gasteiger partial charge in [-0.2, -0.15) is 4.98 Å². The summed E-state index contributed by atoms with van der Waals surface area (Å²) in [5.41, 5.74) is 1.96. The van der Waals surface area contributed by atoms with Crippen molar-refractivity contribution in [1.82, 2.24) is 15.0 Å². The highest BCUT2D eigenvalue weighted by molar-refractivity contribution is 5.44. The summed E-state index contributed by atoms with van der Waals surface area (Å²) in [6.45, 7) is 2.68. The first-order chi connectivity index (χ1) is 8.69. The third-order valence-electron chi connectivity index (χ3n) is 2.58. The largest absolute Gasteiger partial charge is 0.357 e. The average Bonchev–Trinajstić information content (AvgIpc) is 2.39. The van der Waals surface area contributed by atoms with Gasteiger partial charge in [0.05, 0.1) is 12.2 Å². The molecule has 0 aliphatic heterocycles. The fourth-order valence-corrected chi connectivity index (χ4v) is 1.67. The lowest BCUT2D eigenvalue weighted by Gasteiger charge is -2.18. The molecule has 2 rings (SSSR count). The smallest absolute Gasteiger partial charge is 0.224 e. The van der Waals surface area contributed by atoms with E-state index in [1.165, 1.54) is 0 Å². The van der Waals surface area contributed by atoms with Crippen LogP contribution in [0.2, 0.25) is 0 Å². The van der Waals surface area contributed by atoms with Crippen LogP contribution >= 0.6 is 0 Å². The van der Waals surface area contributed by atoms with E-state index in [1.54, 1.807) is 6.20 Å². The number of aromatic nitrogens is 3. The minimum Gasteiger partial charge on any atom is -0.357 e. The molecule has 5 nitrogen and oxygen atoms in total. The van der Waals surface area contributed by atoms with Crippen LogP contribution < -0.4 is 10.2 Å². The quantitative estimate of drug-likeness (QED) is 0.888. The van der Waals surface area contributed by atoms with E-state index in [0.717, 1.165) is 23.8 Å². The fraction of sp³-hybridized carbons (Fsp3) is 0.308. The van der Waals surface area contributed by atoms with Gasteiger partial charge in [0.25, 0.3) is 0 Å². The average molecular weight is 243 g/mol. The van der Waals surface area contributed by atoms with Crippen LogP contribution in [0.5, 0.6) is 0 Å². The molecular formula is C13H17N5. The summed E-state index contributed by atoms with van der Waals surface area (Å²) in [6.07, 6.45) is 1.80. The molecule has 0 spiro atoms. The predicted molar refractivity (Wildman–Crippen MR) is 72.7 cm³/mol. The number of nitrogens with zero attached hydrogens (tertiary/aromatic N) is 4. The zero-order valence-corrected chi connectivity index (χ0v) is 10.9. The topological polar surface area (TPSA) is 53.9 Å². The number of hydrogen-bond acceptors (Lipinski definition) is 5. The molecule has 0 aromatic carbocycles. The van der Waals surface area contributed by atoms with Gasteiger partial charge in [-0.05, 0) is 19.1 Å². The van der Waals surface area contributed by atoms with Crippen molar-refractivity contribution >= 4 is 11.8 Å². The molecule has 0 radical (unpaired) electrons. The zero-order valence-electron chi connectivity index (χ0n) is 10.9. The number of anilines is 2. The Balaban J connectivity index is 2.18. The summed E-state index contributed by atoms with van der Waals surface area (Å²) in [4.78, 5) is 15.1. The van der Waals surface area contributed by atoms with E-state index in [0.29, 0.717) is 5.95 Å². The van der Waals surface area contributed by atoms with Crippen molar-refractivity contribution in [2.45, 2.75) is 13.5 Å². The molecule has 1 N–H and O–H groups in total. The molecule has 0 atom stereocenters. The summed E-state index contributed by atoms with van der Waals surface area (Å²) in [5, 5.41) is 2.96. The predicted octanol–water partition coefficient (Wildman–Crippen LogP) is 1.86. The molecule has 0 saturated heterocycles. The lowest BCUT2D eigenvalue weighted by atomic mass is 10.3. The maximum Gasteiger partial charge on any atom is 0.224 e. The monoisotopic (exact) mass is 243 g/mol. The van der Waals surface area contributed by atoms with Crippen LogP contribution in [-0.2, 0) is 6.54 Å². The summed E-state index contributed by atoms with van der Waals surface area (Å²) in [5.74, 6) is 1.52. The van der Waals surface area contributed by atoms with Crippen molar-refractivity contribution in [3.63, 3.8) is 0 Å². The SMILES string of the molecule is CNc1nc(C)cc(N(C)Cc2ccccn2)n1. The fourth-order valence-electron chi connectivity index (χ4n) is 1.67. The number of pyridine rings is 1. The molecule has 0 unspecified atom stereocenters. The van der Waals surface area contributed by atoms with Crippen molar-refractivity contribution in [2.24, 2.45) is 0 Å². The van der Waals surface area contributed by atoms with Gasteiger partial charge in [0.15, 0.2) is 0 Å². The molecule has 2 aromatic heterocycles. The molecule has 2 heterocycles. The van der Waals surface area contributed by atoms with Gasteiger partial charge in [0, 0.05) is 32.1 Å². The van der Waals surface area contributed by atoms with E-state index in [4.69, 9.17) is 0 Å². The van der Waals surface area contributed by atoms with Crippen LogP contribution in [0, 0.1) is 6.92 Å². The molecule has 0 bridgehead atoms. The van der Waals surface area contributed by atoms with Gasteiger partial charge in [-0.15, -0.1) is 0 Å². The van der Waals surface area contributed by atoms with E-state index in [1.807, 2.05) is 45.3 Å². The first kappa shape index (κ1) is 12.3. The summed E-state index contributed by atoms with van der Waals surface area (Å²) >= 11 is 0. The van der Waals surface area contributed by atoms with Crippen LogP contribution in [0.3, 0.4) is 0 Å². The second-order valence-electron chi connectivity index (χ2n) is 4.12. The van der Waals surface area contributed by atoms with E-state index >= 15 is 0 Å². The van der Waals surface area contributed by atoms with Crippen molar-refractivity contribution in [3.05, 3.63) is 41.9 Å². The van der Waals surface area contributed by atoms with Gasteiger partial charge in [-0.25, -0.2) is 4.98 Å². The summed E-state index contributed by atoms with van der Waals surface area (Å²) in [7, 11) is 3.81. The maximum absolute atomic E-state index is 4.42. The maximum atomic E-state index is 4.42. The van der Waals surface area contributed by atoms with Crippen LogP contribution in [0.4, 0.5) is 11.8 Å². The second-order valence-corrected chi connectivity index (χ2v) is 4.12.